The summed E-state index contributed by atoms with van der Waals surface area (Å²) in [5.41, 5.74) is 2.94. The van der Waals surface area contributed by atoms with Crippen LogP contribution < -0.4 is 0 Å². The first-order valence-electron chi connectivity index (χ1n) is 20.7. The molecule has 0 aromatic heterocycles. The van der Waals surface area contributed by atoms with E-state index in [4.69, 9.17) is 37.9 Å². The minimum absolute atomic E-state index is 0.0138. The van der Waals surface area contributed by atoms with Gasteiger partial charge in [-0.2, -0.15) is 0 Å². The van der Waals surface area contributed by atoms with Gasteiger partial charge in [0.15, 0.2) is 29.8 Å². The molecule has 0 fully saturated rings. The van der Waals surface area contributed by atoms with Crippen LogP contribution in [0.3, 0.4) is 0 Å². The van der Waals surface area contributed by atoms with Crippen molar-refractivity contribution in [3.8, 4) is 34.1 Å². The van der Waals surface area contributed by atoms with Crippen LogP contribution in [-0.2, 0) is 42.7 Å². The number of Topliss-reactive ketones (excluding diaryl/α,β-unsaturated/α-hetero) is 1. The molecular weight excluding hydrogens is 805 g/mol. The summed E-state index contributed by atoms with van der Waals surface area (Å²) >= 11 is 0. The van der Waals surface area contributed by atoms with Crippen molar-refractivity contribution in [1.82, 2.24) is 0 Å². The Hall–Kier alpha value is -4.65. The number of phenols is 4. The monoisotopic (exact) mass is 868 g/mol. The quantitative estimate of drug-likeness (QED) is 0.0268. The lowest BCUT2D eigenvalue weighted by Gasteiger charge is -2.30. The molecule has 1 unspecified atom stereocenters. The first-order valence-corrected chi connectivity index (χ1v) is 20.7. The normalized spacial score (nSPS) is 14.7. The van der Waals surface area contributed by atoms with Crippen LogP contribution in [0.4, 0.5) is 0 Å². The van der Waals surface area contributed by atoms with Crippen molar-refractivity contribution in [2.75, 3.05) is 94.4 Å². The zero-order chi connectivity index (χ0) is 45.7. The lowest BCUT2D eigenvalue weighted by atomic mass is 9.74. The molecule has 342 valence electrons. The fraction of sp³-hybridized carbons (Fsp3) is 0.543. The van der Waals surface area contributed by atoms with Crippen LogP contribution >= 0.6 is 0 Å². The van der Waals surface area contributed by atoms with Crippen LogP contribution in [-0.4, -0.2) is 151 Å². The number of aromatic hydroxyl groups is 4. The lowest BCUT2D eigenvalue weighted by molar-refractivity contribution is -0.148. The second-order valence-electron chi connectivity index (χ2n) is 15.5. The fourth-order valence-electron chi connectivity index (χ4n) is 7.59. The molecule has 0 aliphatic heterocycles. The molecule has 0 heterocycles. The van der Waals surface area contributed by atoms with Crippen LogP contribution in [0.2, 0.25) is 0 Å². The number of rotatable bonds is 25. The smallest absolute Gasteiger partial charge is 0.210 e. The van der Waals surface area contributed by atoms with Gasteiger partial charge in [0, 0.05) is 79.6 Å². The van der Waals surface area contributed by atoms with E-state index in [0.717, 1.165) is 0 Å². The van der Waals surface area contributed by atoms with Crippen LogP contribution in [0, 0.1) is 19.8 Å². The number of allylic oxidation sites excluding steroid dienone is 2. The summed E-state index contributed by atoms with van der Waals surface area (Å²) < 4.78 is 43.5. The second kappa shape index (κ2) is 23.7. The molecule has 62 heavy (non-hydrogen) atoms. The van der Waals surface area contributed by atoms with E-state index in [9.17, 15) is 30.3 Å². The van der Waals surface area contributed by atoms with Gasteiger partial charge in [0.05, 0.1) is 71.9 Å². The Kier molecular flexibility index (Phi) is 19.1. The number of aryl methyl sites for hydroxylation is 2. The van der Waals surface area contributed by atoms with Gasteiger partial charge in [-0.25, -0.2) is 0 Å². The number of hydrogen-bond acceptors (Lipinski definition) is 16. The number of ether oxygens (including phenoxy) is 8. The van der Waals surface area contributed by atoms with E-state index < -0.39 is 35.8 Å². The number of aliphatic hydroxyl groups excluding tert-OH is 1. The number of hydrogen-bond donors (Lipinski definition) is 5. The predicted molar refractivity (Wildman–Crippen MR) is 236 cm³/mol. The van der Waals surface area contributed by atoms with Gasteiger partial charge >= 0.3 is 0 Å². The third-order valence-corrected chi connectivity index (χ3v) is 10.5. The summed E-state index contributed by atoms with van der Waals surface area (Å²) in [7, 11) is 6.20. The molecule has 0 radical (unpaired) electrons. The molecule has 3 aromatic carbocycles. The maximum Gasteiger partial charge on any atom is 0.210 e. The number of aliphatic imine (C=N–C) groups is 2. The SMILES string of the molecule is COCCOC(CN=Cc1c(O)c(O)c(C(C)C)c2cc(C)c(-c3c(C)cc4c(c3O)C(C=NCC(OCCOC)OCCOC)C(=O)C(O)=C4C(C)C)c(O)c12)OCCOC. The van der Waals surface area contributed by atoms with Gasteiger partial charge in [0.2, 0.25) is 5.78 Å². The van der Waals surface area contributed by atoms with Crippen LogP contribution in [0.15, 0.2) is 27.9 Å². The van der Waals surface area contributed by atoms with Gasteiger partial charge in [-0.3, -0.25) is 14.8 Å². The molecule has 16 nitrogen and oxygen atoms in total. The Labute approximate surface area is 363 Å². The van der Waals surface area contributed by atoms with Gasteiger partial charge in [0.1, 0.15) is 11.5 Å². The number of ketones is 1. The fourth-order valence-corrected chi connectivity index (χ4v) is 7.59. The summed E-state index contributed by atoms with van der Waals surface area (Å²) in [5, 5.41) is 59.9. The van der Waals surface area contributed by atoms with Crippen molar-refractivity contribution in [2.45, 2.75) is 66.0 Å². The molecule has 1 atom stereocenters. The summed E-state index contributed by atoms with van der Waals surface area (Å²) in [6, 6.07) is 3.56. The number of nitrogens with zero attached hydrogens (tertiary/aromatic N) is 2. The highest BCUT2D eigenvalue weighted by Crippen LogP contribution is 2.54. The Morgan fingerprint density at radius 1 is 0.629 bits per heavy atom. The molecule has 0 saturated heterocycles. The molecule has 0 bridgehead atoms. The molecule has 0 saturated carbocycles. The predicted octanol–water partition coefficient (Wildman–Crippen LogP) is 6.45. The molecule has 1 aliphatic carbocycles. The van der Waals surface area contributed by atoms with Crippen molar-refractivity contribution in [3.63, 3.8) is 0 Å². The van der Waals surface area contributed by atoms with Crippen LogP contribution in [0.25, 0.3) is 27.5 Å². The van der Waals surface area contributed by atoms with Crippen molar-refractivity contribution in [2.24, 2.45) is 15.9 Å². The van der Waals surface area contributed by atoms with E-state index in [1.54, 1.807) is 54.4 Å². The molecule has 0 amide bonds. The Balaban J connectivity index is 1.94. The first-order chi connectivity index (χ1) is 29.7. The Morgan fingerprint density at radius 2 is 1.11 bits per heavy atom. The second-order valence-corrected chi connectivity index (χ2v) is 15.5. The van der Waals surface area contributed by atoms with Gasteiger partial charge in [-0.1, -0.05) is 39.8 Å². The van der Waals surface area contributed by atoms with E-state index in [1.165, 1.54) is 12.4 Å². The van der Waals surface area contributed by atoms with Gasteiger partial charge in [0.25, 0.3) is 0 Å². The third kappa shape index (κ3) is 11.5. The van der Waals surface area contributed by atoms with Crippen LogP contribution in [0.5, 0.6) is 23.0 Å². The van der Waals surface area contributed by atoms with Crippen molar-refractivity contribution < 1.29 is 68.2 Å². The third-order valence-electron chi connectivity index (χ3n) is 10.5. The van der Waals surface area contributed by atoms with Gasteiger partial charge in [-0.15, -0.1) is 0 Å². The minimum Gasteiger partial charge on any atom is -0.507 e. The highest BCUT2D eigenvalue weighted by molar-refractivity contribution is 6.17. The van der Waals surface area contributed by atoms with Crippen LogP contribution in [0.1, 0.15) is 72.9 Å². The average Bonchev–Trinajstić information content (AvgIpc) is 3.21. The van der Waals surface area contributed by atoms with E-state index in [0.29, 0.717) is 59.6 Å². The molecule has 0 spiro atoms. The number of fused-ring (bicyclic) bond motifs is 2. The lowest BCUT2D eigenvalue weighted by Crippen LogP contribution is -2.27. The Morgan fingerprint density at radius 3 is 1.60 bits per heavy atom. The maximum absolute atomic E-state index is 14.1. The first kappa shape index (κ1) is 50.0. The van der Waals surface area contributed by atoms with E-state index in [1.807, 2.05) is 27.7 Å². The average molecular weight is 869 g/mol. The van der Waals surface area contributed by atoms with E-state index >= 15 is 0 Å². The number of carbonyl (C=O) groups is 1. The number of phenolic OH excluding ortho intramolecular Hbond substituents is 4. The van der Waals surface area contributed by atoms with Crippen molar-refractivity contribution in [1.29, 1.82) is 0 Å². The number of methoxy groups -OCH3 is 4. The zero-order valence-corrected chi connectivity index (χ0v) is 37.6. The Bertz CT molecular complexity index is 2070. The molecular formula is C46H64N2O14. The summed E-state index contributed by atoms with van der Waals surface area (Å²) in [5.74, 6) is -4.39. The van der Waals surface area contributed by atoms with Crippen molar-refractivity contribution >= 4 is 34.6 Å². The largest absolute Gasteiger partial charge is 0.507 e. The minimum atomic E-state index is -1.23. The highest BCUT2D eigenvalue weighted by atomic mass is 16.7. The molecule has 4 rings (SSSR count). The van der Waals surface area contributed by atoms with Gasteiger partial charge < -0.3 is 63.4 Å². The van der Waals surface area contributed by atoms with Crippen molar-refractivity contribution in [3.05, 3.63) is 51.3 Å². The number of carbonyl (C=O) groups excluding carboxylic acids is 1. The maximum atomic E-state index is 14.1. The summed E-state index contributed by atoms with van der Waals surface area (Å²) in [6.45, 7) is 13.1. The molecule has 16 heteroatoms. The summed E-state index contributed by atoms with van der Waals surface area (Å²) in [6.07, 6.45) is 1.11. The molecule has 5 N–H and O–H groups in total. The van der Waals surface area contributed by atoms with E-state index in [-0.39, 0.29) is 96.2 Å². The zero-order valence-electron chi connectivity index (χ0n) is 37.6. The molecule has 3 aromatic rings. The number of aliphatic hydroxyl groups is 1. The standard InChI is InChI=1S/C46H64N2O14/c1-25(2)35-29-19-27(5)37(43(51)39(29)31(41(49)45(35)53)21-47-23-33(59-15-11-55-7)60-16-12-56-8)38-28(6)20-30-36(26(3)4)46(54)42(50)32(40(30)44(38)52)22-48-24-34(61-17-13-57-9)62-18-14-58-10/h19-22,25-26,31,33-34,50-54H,11-18,23-24H2,1-10H3. The molecule has 1 aliphatic rings. The van der Waals surface area contributed by atoms with Gasteiger partial charge in [-0.05, 0) is 47.8 Å². The highest BCUT2D eigenvalue weighted by Gasteiger charge is 2.39. The number of benzene rings is 3. The topological polar surface area (TPSA) is 217 Å². The van der Waals surface area contributed by atoms with E-state index in [2.05, 4.69) is 9.98 Å². The summed E-state index contributed by atoms with van der Waals surface area (Å²) in [4.78, 5) is 23.1.